The van der Waals surface area contributed by atoms with Gasteiger partial charge in [-0.25, -0.2) is 14.3 Å². The summed E-state index contributed by atoms with van der Waals surface area (Å²) in [7, 11) is 0. The normalized spacial score (nSPS) is 15.3. The van der Waals surface area contributed by atoms with Gasteiger partial charge in [0.2, 0.25) is 11.9 Å². The molecule has 3 N–H and O–H groups in total. The number of ether oxygens (including phenoxy) is 1. The number of anilines is 1. The van der Waals surface area contributed by atoms with Gasteiger partial charge in [-0.1, -0.05) is 0 Å². The van der Waals surface area contributed by atoms with Crippen LogP contribution in [0.2, 0.25) is 0 Å². The Balaban J connectivity index is 1.79. The summed E-state index contributed by atoms with van der Waals surface area (Å²) in [5.41, 5.74) is 6.06. The number of aryl methyl sites for hydroxylation is 1. The Kier molecular flexibility index (Phi) is 4.57. The number of hydrogen-bond acceptors (Lipinski definition) is 5. The van der Waals surface area contributed by atoms with Crippen LogP contribution in [0.25, 0.3) is 0 Å². The van der Waals surface area contributed by atoms with Crippen LogP contribution in [0.5, 0.6) is 0 Å². The first-order valence-corrected chi connectivity index (χ1v) is 6.50. The summed E-state index contributed by atoms with van der Waals surface area (Å²) >= 11 is 0. The molecule has 0 aliphatic carbocycles. The number of carbonyl (C=O) groups is 2. The first kappa shape index (κ1) is 14.3. The quantitative estimate of drug-likeness (QED) is 0.814. The maximum Gasteiger partial charge on any atom is 0.418 e. The number of carbonyl (C=O) groups excluding carboxylic acids is 1. The predicted molar refractivity (Wildman–Crippen MR) is 70.4 cm³/mol. The molecular formula is C12H18N4O4. The maximum absolute atomic E-state index is 11.9. The molecule has 0 radical (unpaired) electrons. The number of hydrogen-bond donors (Lipinski definition) is 2. The van der Waals surface area contributed by atoms with Crippen molar-refractivity contribution >= 4 is 17.9 Å². The summed E-state index contributed by atoms with van der Waals surface area (Å²) in [6.45, 7) is 2.45. The molecule has 2 rings (SSSR count). The van der Waals surface area contributed by atoms with Crippen molar-refractivity contribution in [2.45, 2.75) is 19.3 Å². The molecule has 20 heavy (non-hydrogen) atoms. The predicted octanol–water partition coefficient (Wildman–Crippen LogP) is 0.173. The molecule has 2 heterocycles. The zero-order chi connectivity index (χ0) is 14.5. The van der Waals surface area contributed by atoms with E-state index in [1.54, 1.807) is 4.90 Å². The van der Waals surface area contributed by atoms with Crippen molar-refractivity contribution in [3.63, 3.8) is 0 Å². The largest absolute Gasteiger partial charge is 0.464 e. The molecule has 1 aliphatic rings. The van der Waals surface area contributed by atoms with E-state index < -0.39 is 6.09 Å². The Morgan fingerprint density at radius 3 is 2.70 bits per heavy atom. The minimum Gasteiger partial charge on any atom is -0.464 e. The van der Waals surface area contributed by atoms with E-state index in [1.807, 2.05) is 0 Å². The Labute approximate surface area is 116 Å². The lowest BCUT2D eigenvalue weighted by molar-refractivity contribution is -0.135. The van der Waals surface area contributed by atoms with Crippen LogP contribution in [0.4, 0.5) is 10.7 Å². The highest BCUT2D eigenvalue weighted by atomic mass is 16.5. The van der Waals surface area contributed by atoms with Gasteiger partial charge in [-0.3, -0.25) is 4.79 Å². The van der Waals surface area contributed by atoms with Crippen LogP contribution in [0.15, 0.2) is 6.20 Å². The zero-order valence-electron chi connectivity index (χ0n) is 11.1. The first-order valence-electron chi connectivity index (χ1n) is 6.50. The molecule has 0 atom stereocenters. The number of nitrogen functional groups attached to an aromatic ring is 1. The van der Waals surface area contributed by atoms with Crippen LogP contribution >= 0.6 is 0 Å². The fourth-order valence-corrected chi connectivity index (χ4v) is 2.11. The van der Waals surface area contributed by atoms with E-state index in [0.29, 0.717) is 51.3 Å². The van der Waals surface area contributed by atoms with Crippen molar-refractivity contribution < 1.29 is 19.4 Å². The van der Waals surface area contributed by atoms with Gasteiger partial charge >= 0.3 is 6.09 Å². The third kappa shape index (κ3) is 3.47. The Bertz CT molecular complexity index is 494. The van der Waals surface area contributed by atoms with Gasteiger partial charge in [-0.15, -0.1) is 0 Å². The van der Waals surface area contributed by atoms with Crippen LogP contribution in [0.3, 0.4) is 0 Å². The highest BCUT2D eigenvalue weighted by molar-refractivity contribution is 5.76. The van der Waals surface area contributed by atoms with Gasteiger partial charge in [-0.2, -0.15) is 0 Å². The van der Waals surface area contributed by atoms with E-state index >= 15 is 0 Å². The van der Waals surface area contributed by atoms with Crippen LogP contribution < -0.4 is 5.73 Å². The number of morpholine rings is 1. The second kappa shape index (κ2) is 6.38. The van der Waals surface area contributed by atoms with Gasteiger partial charge < -0.3 is 20.5 Å². The summed E-state index contributed by atoms with van der Waals surface area (Å²) in [6, 6.07) is 0. The smallest absolute Gasteiger partial charge is 0.418 e. The number of amides is 1. The van der Waals surface area contributed by atoms with Gasteiger partial charge in [0.15, 0.2) is 0 Å². The molecular weight excluding hydrogens is 264 g/mol. The average Bonchev–Trinajstić information content (AvgIpc) is 2.81. The number of nitrogens with two attached hydrogens (primary N) is 1. The second-order valence-corrected chi connectivity index (χ2v) is 4.59. The van der Waals surface area contributed by atoms with Crippen molar-refractivity contribution in [1.29, 1.82) is 0 Å². The van der Waals surface area contributed by atoms with Crippen molar-refractivity contribution in [1.82, 2.24) is 14.5 Å². The van der Waals surface area contributed by atoms with Crippen molar-refractivity contribution in [2.24, 2.45) is 0 Å². The summed E-state index contributed by atoms with van der Waals surface area (Å²) in [5.74, 6) is 0.0472. The fourth-order valence-electron chi connectivity index (χ4n) is 2.11. The van der Waals surface area contributed by atoms with Gasteiger partial charge in [-0.05, 0) is 12.8 Å². The molecule has 0 spiro atoms. The van der Waals surface area contributed by atoms with Crippen LogP contribution in [-0.4, -0.2) is 57.9 Å². The minimum absolute atomic E-state index is 0.0491. The molecule has 1 amide bonds. The SMILES string of the molecule is Nc1nc(CCCC(=O)N2CCOCC2)cn1C(=O)O. The number of imidazole rings is 1. The summed E-state index contributed by atoms with van der Waals surface area (Å²) in [4.78, 5) is 28.4. The fraction of sp³-hybridized carbons (Fsp3) is 0.583. The molecule has 0 bridgehead atoms. The molecule has 1 aromatic rings. The maximum atomic E-state index is 11.9. The van der Waals surface area contributed by atoms with Crippen LogP contribution in [0, 0.1) is 0 Å². The monoisotopic (exact) mass is 282 g/mol. The molecule has 1 saturated heterocycles. The molecule has 8 heteroatoms. The number of aromatic nitrogens is 2. The van der Waals surface area contributed by atoms with Crippen LogP contribution in [-0.2, 0) is 16.0 Å². The highest BCUT2D eigenvalue weighted by Crippen LogP contribution is 2.10. The lowest BCUT2D eigenvalue weighted by Crippen LogP contribution is -2.40. The van der Waals surface area contributed by atoms with E-state index in [2.05, 4.69) is 4.98 Å². The Morgan fingerprint density at radius 1 is 1.40 bits per heavy atom. The topological polar surface area (TPSA) is 111 Å². The summed E-state index contributed by atoms with van der Waals surface area (Å²) in [5, 5.41) is 8.83. The van der Waals surface area contributed by atoms with Crippen LogP contribution in [0.1, 0.15) is 18.5 Å². The van der Waals surface area contributed by atoms with Crippen molar-refractivity contribution in [3.05, 3.63) is 11.9 Å². The van der Waals surface area contributed by atoms with E-state index in [1.165, 1.54) is 6.20 Å². The molecule has 0 aromatic carbocycles. The number of rotatable bonds is 4. The average molecular weight is 282 g/mol. The lowest BCUT2D eigenvalue weighted by atomic mass is 10.2. The van der Waals surface area contributed by atoms with Gasteiger partial charge in [0.05, 0.1) is 18.9 Å². The summed E-state index contributed by atoms with van der Waals surface area (Å²) < 4.78 is 6.06. The van der Waals surface area contributed by atoms with Gasteiger partial charge in [0, 0.05) is 25.7 Å². The molecule has 0 unspecified atom stereocenters. The third-order valence-corrected chi connectivity index (χ3v) is 3.18. The number of nitrogens with zero attached hydrogens (tertiary/aromatic N) is 3. The molecule has 0 saturated carbocycles. The minimum atomic E-state index is -1.16. The van der Waals surface area contributed by atoms with E-state index in [0.717, 1.165) is 4.57 Å². The third-order valence-electron chi connectivity index (χ3n) is 3.18. The van der Waals surface area contributed by atoms with Gasteiger partial charge in [0.1, 0.15) is 0 Å². The first-order chi connectivity index (χ1) is 9.58. The number of carboxylic acid groups (broad SMARTS) is 1. The summed E-state index contributed by atoms with van der Waals surface area (Å²) in [6.07, 6.45) is 1.79. The van der Waals surface area contributed by atoms with Crippen molar-refractivity contribution in [3.8, 4) is 0 Å². The van der Waals surface area contributed by atoms with Gasteiger partial charge in [0.25, 0.3) is 0 Å². The standard InChI is InChI=1S/C12H18N4O4/c13-11-14-9(8-16(11)12(18)19)2-1-3-10(17)15-4-6-20-7-5-15/h8H,1-7H2,(H2,13,14)(H,18,19). The van der Waals surface area contributed by atoms with E-state index in [9.17, 15) is 9.59 Å². The lowest BCUT2D eigenvalue weighted by Gasteiger charge is -2.26. The molecule has 1 aliphatic heterocycles. The molecule has 1 fully saturated rings. The van der Waals surface area contributed by atoms with E-state index in [4.69, 9.17) is 15.6 Å². The Hall–Kier alpha value is -2.09. The second-order valence-electron chi connectivity index (χ2n) is 4.59. The zero-order valence-corrected chi connectivity index (χ0v) is 11.1. The Morgan fingerprint density at radius 2 is 2.10 bits per heavy atom. The molecule has 8 nitrogen and oxygen atoms in total. The molecule has 1 aromatic heterocycles. The molecule has 110 valence electrons. The highest BCUT2D eigenvalue weighted by Gasteiger charge is 2.16. The van der Waals surface area contributed by atoms with E-state index in [-0.39, 0.29) is 11.9 Å². The van der Waals surface area contributed by atoms with Crippen molar-refractivity contribution in [2.75, 3.05) is 32.0 Å².